The molecule has 4 nitrogen and oxygen atoms in total. The van der Waals surface area contributed by atoms with Gasteiger partial charge in [0, 0.05) is 17.6 Å². The molecule has 0 saturated heterocycles. The SMILES string of the molecule is CC1CCCC(Sc2nccnc2C(=O)O)C1. The predicted molar refractivity (Wildman–Crippen MR) is 66.3 cm³/mol. The van der Waals surface area contributed by atoms with Crippen molar-refractivity contribution in [3.8, 4) is 0 Å². The largest absolute Gasteiger partial charge is 0.476 e. The van der Waals surface area contributed by atoms with Crippen molar-refractivity contribution in [1.29, 1.82) is 0 Å². The molecule has 0 amide bonds. The number of aromatic nitrogens is 2. The predicted octanol–water partition coefficient (Wildman–Crippen LogP) is 2.85. The standard InChI is InChI=1S/C12H16N2O2S/c1-8-3-2-4-9(7-8)17-11-10(12(15)16)13-5-6-14-11/h5-6,8-9H,2-4,7H2,1H3,(H,15,16). The maximum Gasteiger partial charge on any atom is 0.357 e. The van der Waals surface area contributed by atoms with E-state index in [0.29, 0.717) is 10.3 Å². The Bertz CT molecular complexity index is 411. The number of hydrogen-bond acceptors (Lipinski definition) is 4. The van der Waals surface area contributed by atoms with Crippen molar-refractivity contribution in [3.63, 3.8) is 0 Å². The van der Waals surface area contributed by atoms with Gasteiger partial charge in [-0.1, -0.05) is 19.8 Å². The fourth-order valence-electron chi connectivity index (χ4n) is 2.20. The van der Waals surface area contributed by atoms with E-state index in [1.807, 2.05) is 0 Å². The lowest BCUT2D eigenvalue weighted by Gasteiger charge is -2.25. The Morgan fingerprint density at radius 1 is 1.41 bits per heavy atom. The number of aromatic carboxylic acids is 1. The van der Waals surface area contributed by atoms with Gasteiger partial charge in [-0.2, -0.15) is 0 Å². The van der Waals surface area contributed by atoms with Crippen molar-refractivity contribution >= 4 is 17.7 Å². The molecule has 2 rings (SSSR count). The van der Waals surface area contributed by atoms with Gasteiger partial charge < -0.3 is 5.11 Å². The van der Waals surface area contributed by atoms with E-state index in [-0.39, 0.29) is 5.69 Å². The Morgan fingerprint density at radius 2 is 2.18 bits per heavy atom. The topological polar surface area (TPSA) is 63.1 Å². The Balaban J connectivity index is 2.10. The summed E-state index contributed by atoms with van der Waals surface area (Å²) >= 11 is 1.57. The number of hydrogen-bond donors (Lipinski definition) is 1. The molecular weight excluding hydrogens is 236 g/mol. The van der Waals surface area contributed by atoms with Crippen molar-refractivity contribution in [2.75, 3.05) is 0 Å². The maximum absolute atomic E-state index is 11.0. The minimum Gasteiger partial charge on any atom is -0.476 e. The van der Waals surface area contributed by atoms with Crippen LogP contribution in [0.1, 0.15) is 43.1 Å². The third-order valence-corrected chi connectivity index (χ3v) is 4.32. The van der Waals surface area contributed by atoms with Crippen LogP contribution in [0.5, 0.6) is 0 Å². The first-order valence-corrected chi connectivity index (χ1v) is 6.75. The van der Waals surface area contributed by atoms with Gasteiger partial charge in [-0.3, -0.25) is 0 Å². The molecule has 0 bridgehead atoms. The van der Waals surface area contributed by atoms with Gasteiger partial charge >= 0.3 is 5.97 Å². The summed E-state index contributed by atoms with van der Waals surface area (Å²) in [5.74, 6) is -0.268. The molecule has 92 valence electrons. The Hall–Kier alpha value is -1.10. The molecule has 5 heteroatoms. The van der Waals surface area contributed by atoms with E-state index < -0.39 is 5.97 Å². The average Bonchev–Trinajstić information content (AvgIpc) is 2.29. The molecule has 0 aliphatic heterocycles. The van der Waals surface area contributed by atoms with E-state index in [1.54, 1.807) is 18.0 Å². The molecule has 1 aromatic heterocycles. The zero-order chi connectivity index (χ0) is 12.3. The summed E-state index contributed by atoms with van der Waals surface area (Å²) in [5.41, 5.74) is 0.0794. The highest BCUT2D eigenvalue weighted by Gasteiger charge is 2.23. The van der Waals surface area contributed by atoms with Gasteiger partial charge in [0.25, 0.3) is 0 Å². The molecule has 1 saturated carbocycles. The minimum atomic E-state index is -0.996. The summed E-state index contributed by atoms with van der Waals surface area (Å²) in [7, 11) is 0. The van der Waals surface area contributed by atoms with E-state index in [2.05, 4.69) is 16.9 Å². The van der Waals surface area contributed by atoms with Gasteiger partial charge in [-0.05, 0) is 18.8 Å². The van der Waals surface area contributed by atoms with Crippen LogP contribution in [0.25, 0.3) is 0 Å². The smallest absolute Gasteiger partial charge is 0.357 e. The van der Waals surface area contributed by atoms with Crippen LogP contribution in [0.4, 0.5) is 0 Å². The number of rotatable bonds is 3. The molecule has 0 aromatic carbocycles. The molecule has 17 heavy (non-hydrogen) atoms. The van der Waals surface area contributed by atoms with Crippen molar-refractivity contribution in [3.05, 3.63) is 18.1 Å². The van der Waals surface area contributed by atoms with Gasteiger partial charge in [0.05, 0.1) is 0 Å². The molecule has 1 N–H and O–H groups in total. The summed E-state index contributed by atoms with van der Waals surface area (Å²) in [5, 5.41) is 10.1. The van der Waals surface area contributed by atoms with Gasteiger partial charge in [-0.15, -0.1) is 11.8 Å². The molecule has 0 radical (unpaired) electrons. The molecule has 2 unspecified atom stereocenters. The van der Waals surface area contributed by atoms with Gasteiger partial charge in [-0.25, -0.2) is 14.8 Å². The summed E-state index contributed by atoms with van der Waals surface area (Å²) in [6, 6.07) is 0. The van der Waals surface area contributed by atoms with Gasteiger partial charge in [0.1, 0.15) is 5.03 Å². The first-order chi connectivity index (χ1) is 8.16. The average molecular weight is 252 g/mol. The van der Waals surface area contributed by atoms with Crippen molar-refractivity contribution in [1.82, 2.24) is 9.97 Å². The van der Waals surface area contributed by atoms with Crippen LogP contribution in [-0.4, -0.2) is 26.3 Å². The number of carboxylic acid groups (broad SMARTS) is 1. The molecule has 2 atom stereocenters. The zero-order valence-electron chi connectivity index (χ0n) is 9.80. The maximum atomic E-state index is 11.0. The summed E-state index contributed by atoms with van der Waals surface area (Å²) < 4.78 is 0. The summed E-state index contributed by atoms with van der Waals surface area (Å²) in [4.78, 5) is 19.0. The van der Waals surface area contributed by atoms with Crippen LogP contribution >= 0.6 is 11.8 Å². The Morgan fingerprint density at radius 3 is 2.88 bits per heavy atom. The number of nitrogens with zero attached hydrogens (tertiary/aromatic N) is 2. The first-order valence-electron chi connectivity index (χ1n) is 5.87. The number of thioether (sulfide) groups is 1. The van der Waals surface area contributed by atoms with Crippen molar-refractivity contribution in [2.24, 2.45) is 5.92 Å². The van der Waals surface area contributed by atoms with Crippen LogP contribution < -0.4 is 0 Å². The second-order valence-corrected chi connectivity index (χ2v) is 5.82. The van der Waals surface area contributed by atoms with Crippen LogP contribution in [0.2, 0.25) is 0 Å². The molecule has 1 aliphatic rings. The lowest BCUT2D eigenvalue weighted by molar-refractivity contribution is 0.0685. The number of carboxylic acids is 1. The van der Waals surface area contributed by atoms with Crippen molar-refractivity contribution in [2.45, 2.75) is 42.9 Å². The van der Waals surface area contributed by atoms with E-state index >= 15 is 0 Å². The Labute approximate surface area is 105 Å². The molecule has 1 aromatic rings. The minimum absolute atomic E-state index is 0.0794. The van der Waals surface area contributed by atoms with Gasteiger partial charge in [0.2, 0.25) is 0 Å². The normalized spacial score (nSPS) is 24.5. The fraction of sp³-hybridized carbons (Fsp3) is 0.583. The molecule has 1 aliphatic carbocycles. The lowest BCUT2D eigenvalue weighted by atomic mass is 9.91. The van der Waals surface area contributed by atoms with E-state index in [4.69, 9.17) is 5.11 Å². The highest BCUT2D eigenvalue weighted by molar-refractivity contribution is 7.99. The highest BCUT2D eigenvalue weighted by Crippen LogP contribution is 2.35. The van der Waals surface area contributed by atoms with E-state index in [1.165, 1.54) is 19.0 Å². The van der Waals surface area contributed by atoms with E-state index in [9.17, 15) is 4.79 Å². The van der Waals surface area contributed by atoms with Crippen LogP contribution in [0, 0.1) is 5.92 Å². The highest BCUT2D eigenvalue weighted by atomic mass is 32.2. The van der Waals surface area contributed by atoms with Crippen LogP contribution in [0.15, 0.2) is 17.4 Å². The van der Waals surface area contributed by atoms with Crippen molar-refractivity contribution < 1.29 is 9.90 Å². The molecule has 1 heterocycles. The first kappa shape index (κ1) is 12.4. The van der Waals surface area contributed by atoms with Crippen LogP contribution in [-0.2, 0) is 0 Å². The zero-order valence-corrected chi connectivity index (χ0v) is 10.6. The monoisotopic (exact) mass is 252 g/mol. The Kier molecular flexibility index (Phi) is 3.99. The lowest BCUT2D eigenvalue weighted by Crippen LogP contribution is -2.16. The third-order valence-electron chi connectivity index (χ3n) is 3.03. The summed E-state index contributed by atoms with van der Waals surface area (Å²) in [6.45, 7) is 2.25. The quantitative estimate of drug-likeness (QED) is 0.896. The van der Waals surface area contributed by atoms with Crippen LogP contribution in [0.3, 0.4) is 0 Å². The number of carbonyl (C=O) groups is 1. The van der Waals surface area contributed by atoms with Gasteiger partial charge in [0.15, 0.2) is 5.69 Å². The fourth-order valence-corrected chi connectivity index (χ4v) is 3.60. The second kappa shape index (κ2) is 5.49. The molecule has 1 fully saturated rings. The molecular formula is C12H16N2O2S. The van der Waals surface area contributed by atoms with E-state index in [0.717, 1.165) is 18.8 Å². The second-order valence-electron chi connectivity index (χ2n) is 4.53. The summed E-state index contributed by atoms with van der Waals surface area (Å²) in [6.07, 6.45) is 7.77. The molecule has 0 spiro atoms. The third kappa shape index (κ3) is 3.19.